The number of hydrogen-bond donors (Lipinski definition) is 3. The Hall–Kier alpha value is -0.890. The van der Waals surface area contributed by atoms with E-state index in [2.05, 4.69) is 48.5 Å². The number of ether oxygens (including phenoxy) is 7. The van der Waals surface area contributed by atoms with Crippen LogP contribution in [-0.4, -0.2) is 107 Å². The highest BCUT2D eigenvalue weighted by Gasteiger charge is 2.65. The highest BCUT2D eigenvalue weighted by atomic mass is 16.7. The molecule has 3 N–H and O–H groups in total. The molecule has 6 aliphatic heterocycles. The van der Waals surface area contributed by atoms with Gasteiger partial charge in [-0.3, -0.25) is 4.79 Å². The van der Waals surface area contributed by atoms with Gasteiger partial charge in [0.1, 0.15) is 0 Å². The van der Waals surface area contributed by atoms with Crippen molar-refractivity contribution in [1.82, 2.24) is 0 Å². The summed E-state index contributed by atoms with van der Waals surface area (Å²) in [5.41, 5.74) is -1.10. The maximum absolute atomic E-state index is 11.8. The first-order valence-electron chi connectivity index (χ1n) is 20.0. The van der Waals surface area contributed by atoms with E-state index in [1.165, 1.54) is 0 Å². The molecular formula is C40H68O11. The zero-order valence-corrected chi connectivity index (χ0v) is 32.8. The number of carbonyl (C=O) groups is 1. The number of aliphatic hydroxyl groups excluding tert-OH is 1. The van der Waals surface area contributed by atoms with Crippen LogP contribution in [0.1, 0.15) is 120 Å². The Morgan fingerprint density at radius 1 is 0.863 bits per heavy atom. The van der Waals surface area contributed by atoms with Gasteiger partial charge in [-0.15, -0.1) is 0 Å². The van der Waals surface area contributed by atoms with E-state index in [0.717, 1.165) is 51.4 Å². The topological polar surface area (TPSA) is 142 Å². The van der Waals surface area contributed by atoms with Crippen LogP contribution >= 0.6 is 0 Å². The molecule has 294 valence electrons. The monoisotopic (exact) mass is 724 g/mol. The van der Waals surface area contributed by atoms with Crippen LogP contribution < -0.4 is 0 Å². The van der Waals surface area contributed by atoms with Gasteiger partial charge in [-0.2, -0.15) is 0 Å². The van der Waals surface area contributed by atoms with Crippen molar-refractivity contribution in [1.29, 1.82) is 0 Å². The van der Waals surface area contributed by atoms with Gasteiger partial charge < -0.3 is 48.5 Å². The zero-order chi connectivity index (χ0) is 37.3. The summed E-state index contributed by atoms with van der Waals surface area (Å²) in [4.78, 5) is 11.8. The third-order valence-electron chi connectivity index (χ3n) is 14.4. The molecule has 6 heterocycles. The van der Waals surface area contributed by atoms with E-state index in [1.54, 1.807) is 14.0 Å². The zero-order valence-electron chi connectivity index (χ0n) is 32.8. The lowest BCUT2D eigenvalue weighted by atomic mass is 9.78. The van der Waals surface area contributed by atoms with Crippen LogP contribution in [0.2, 0.25) is 0 Å². The maximum Gasteiger partial charge on any atom is 0.308 e. The van der Waals surface area contributed by atoms with E-state index < -0.39 is 41.3 Å². The smallest absolute Gasteiger partial charge is 0.308 e. The van der Waals surface area contributed by atoms with Crippen LogP contribution in [0.15, 0.2) is 0 Å². The van der Waals surface area contributed by atoms with E-state index in [9.17, 15) is 20.1 Å². The van der Waals surface area contributed by atoms with Crippen LogP contribution in [0, 0.1) is 41.4 Å². The van der Waals surface area contributed by atoms with Crippen molar-refractivity contribution in [3.8, 4) is 0 Å². The van der Waals surface area contributed by atoms with Crippen LogP contribution in [0.3, 0.4) is 0 Å². The van der Waals surface area contributed by atoms with Crippen molar-refractivity contribution in [2.45, 2.75) is 192 Å². The number of methoxy groups -OCH3 is 1. The summed E-state index contributed by atoms with van der Waals surface area (Å²) < 4.78 is 47.0. The van der Waals surface area contributed by atoms with Crippen molar-refractivity contribution in [2.75, 3.05) is 13.7 Å². The minimum atomic E-state index is -1.55. The first-order chi connectivity index (χ1) is 23.9. The van der Waals surface area contributed by atoms with E-state index in [0.29, 0.717) is 6.42 Å². The molecule has 51 heavy (non-hydrogen) atoms. The standard InChI is InChI=1S/C40H68O11/c1-21-11-12-28(46-33(21)26(6)36(42)43)17-29-18-30(45-10)27(7)40(48-29)25(5)19-38(9,51-40)32-13-14-37(8,49-32)35-23(3)16-31(47-35)34-22(2)15-24(4)39(44,20-41)50-34/h21-35,41,44H,11-20H2,1-10H3,(H,42,43)/t21-,22-,23-,24-,25+,26+,27+,28+,29+,30+,31+,32+,33+,34-,35+,37-,38-,39-,40+/m0/s1. The molecule has 0 bridgehead atoms. The number of rotatable bonds is 9. The molecule has 11 heteroatoms. The highest BCUT2D eigenvalue weighted by Crippen LogP contribution is 2.57. The highest BCUT2D eigenvalue weighted by molar-refractivity contribution is 5.70. The quantitative estimate of drug-likeness (QED) is 0.269. The lowest BCUT2D eigenvalue weighted by Gasteiger charge is -2.50. The van der Waals surface area contributed by atoms with Crippen molar-refractivity contribution < 1.29 is 53.3 Å². The molecule has 6 saturated heterocycles. The average molecular weight is 725 g/mol. The first-order valence-corrected chi connectivity index (χ1v) is 20.0. The Morgan fingerprint density at radius 2 is 1.59 bits per heavy atom. The molecule has 0 aromatic carbocycles. The molecule has 1 spiro atoms. The van der Waals surface area contributed by atoms with Gasteiger partial charge in [0.15, 0.2) is 11.6 Å². The van der Waals surface area contributed by atoms with Gasteiger partial charge in [0.05, 0.1) is 72.6 Å². The lowest BCUT2D eigenvalue weighted by molar-refractivity contribution is -0.353. The third-order valence-corrected chi connectivity index (χ3v) is 14.4. The fourth-order valence-corrected chi connectivity index (χ4v) is 11.3. The summed E-state index contributed by atoms with van der Waals surface area (Å²) in [6.45, 7) is 18.4. The largest absolute Gasteiger partial charge is 0.481 e. The SMILES string of the molecule is CO[C@@H]1C[C@@H](C[C@H]2CC[C@H](C)[C@H]([C@@H](C)C(=O)O)O2)O[C@]2(O[C@](C)([C@H]3CC[C@@](C)([C@@H]4O[C@@H]([C@H]5O[C@@](O)(CO)[C@@H](C)C[C@@H]5C)C[C@@H]4C)O3)C[C@H]2C)[C@@H]1C. The van der Waals surface area contributed by atoms with Gasteiger partial charge in [0, 0.05) is 37.7 Å². The molecule has 19 atom stereocenters. The Balaban J connectivity index is 1.13. The van der Waals surface area contributed by atoms with Crippen LogP contribution in [0.4, 0.5) is 0 Å². The summed E-state index contributed by atoms with van der Waals surface area (Å²) >= 11 is 0. The molecule has 0 aromatic heterocycles. The number of carboxylic acid groups (broad SMARTS) is 1. The van der Waals surface area contributed by atoms with E-state index >= 15 is 0 Å². The van der Waals surface area contributed by atoms with E-state index in [1.807, 2.05) is 6.92 Å². The molecule has 0 unspecified atom stereocenters. The van der Waals surface area contributed by atoms with Crippen LogP contribution in [0.25, 0.3) is 0 Å². The Bertz CT molecular complexity index is 1230. The van der Waals surface area contributed by atoms with Crippen molar-refractivity contribution >= 4 is 5.97 Å². The number of aliphatic carboxylic acids is 1. The second kappa shape index (κ2) is 14.6. The second-order valence-corrected chi connectivity index (χ2v) is 18.4. The molecule has 6 fully saturated rings. The normalized spacial score (nSPS) is 54.2. The van der Waals surface area contributed by atoms with Gasteiger partial charge >= 0.3 is 5.97 Å². The summed E-state index contributed by atoms with van der Waals surface area (Å²) in [5.74, 6) is -3.26. The lowest BCUT2D eigenvalue weighted by Crippen LogP contribution is -2.58. The molecule has 0 aromatic rings. The minimum Gasteiger partial charge on any atom is -0.481 e. The molecule has 0 amide bonds. The molecule has 11 nitrogen and oxygen atoms in total. The fourth-order valence-electron chi connectivity index (χ4n) is 11.3. The second-order valence-electron chi connectivity index (χ2n) is 18.4. The third kappa shape index (κ3) is 7.19. The number of hydrogen-bond acceptors (Lipinski definition) is 10. The predicted molar refractivity (Wildman–Crippen MR) is 189 cm³/mol. The number of carboxylic acids is 1. The first kappa shape index (κ1) is 39.8. The van der Waals surface area contributed by atoms with Gasteiger partial charge in [-0.25, -0.2) is 0 Å². The van der Waals surface area contributed by atoms with E-state index in [4.69, 9.17) is 33.2 Å². The molecule has 6 rings (SSSR count). The predicted octanol–water partition coefficient (Wildman–Crippen LogP) is 5.71. The average Bonchev–Trinajstić information content (AvgIpc) is 3.75. The van der Waals surface area contributed by atoms with Crippen LogP contribution in [-0.2, 0) is 38.0 Å². The van der Waals surface area contributed by atoms with Gasteiger partial charge in [-0.05, 0) is 83.5 Å². The van der Waals surface area contributed by atoms with Crippen LogP contribution in [0.5, 0.6) is 0 Å². The maximum atomic E-state index is 11.8. The van der Waals surface area contributed by atoms with Crippen molar-refractivity contribution in [2.24, 2.45) is 41.4 Å². The van der Waals surface area contributed by atoms with Crippen molar-refractivity contribution in [3.63, 3.8) is 0 Å². The Labute approximate surface area is 305 Å². The summed E-state index contributed by atoms with van der Waals surface area (Å²) in [6.07, 6.45) is 5.85. The molecule has 0 saturated carbocycles. The Kier molecular flexibility index (Phi) is 11.4. The molecule has 0 radical (unpaired) electrons. The Morgan fingerprint density at radius 3 is 2.25 bits per heavy atom. The molecule has 6 aliphatic rings. The minimum absolute atomic E-state index is 0.00727. The number of aliphatic hydroxyl groups is 2. The van der Waals surface area contributed by atoms with E-state index in [-0.39, 0.29) is 84.3 Å². The molecular weight excluding hydrogens is 656 g/mol. The summed E-state index contributed by atoms with van der Waals surface area (Å²) in [5, 5.41) is 30.7. The van der Waals surface area contributed by atoms with Crippen molar-refractivity contribution in [3.05, 3.63) is 0 Å². The van der Waals surface area contributed by atoms with Gasteiger partial charge in [-0.1, -0.05) is 41.5 Å². The summed E-state index contributed by atoms with van der Waals surface area (Å²) in [6, 6.07) is 0. The van der Waals surface area contributed by atoms with Gasteiger partial charge in [0.25, 0.3) is 0 Å². The van der Waals surface area contributed by atoms with Gasteiger partial charge in [0.2, 0.25) is 0 Å². The molecule has 0 aliphatic carbocycles. The fraction of sp³-hybridized carbons (Fsp3) is 0.975. The summed E-state index contributed by atoms with van der Waals surface area (Å²) in [7, 11) is 1.77.